The molecule has 0 unspecified atom stereocenters. The molecule has 2 N–H and O–H groups in total. The Morgan fingerprint density at radius 1 is 1.48 bits per heavy atom. The van der Waals surface area contributed by atoms with Crippen molar-refractivity contribution in [3.05, 3.63) is 47.1 Å². The molecule has 0 radical (unpaired) electrons. The van der Waals surface area contributed by atoms with Crippen LogP contribution < -0.4 is 5.32 Å². The van der Waals surface area contributed by atoms with Gasteiger partial charge in [0.25, 0.3) is 5.91 Å². The highest BCUT2D eigenvalue weighted by atomic mass is 16.5. The first-order valence-corrected chi connectivity index (χ1v) is 6.45. The summed E-state index contributed by atoms with van der Waals surface area (Å²) in [5.74, 6) is 5.74. The summed E-state index contributed by atoms with van der Waals surface area (Å²) < 4.78 is 4.85. The summed E-state index contributed by atoms with van der Waals surface area (Å²) in [5, 5.41) is 15.0. The van der Waals surface area contributed by atoms with E-state index >= 15 is 0 Å². The Labute approximate surface area is 122 Å². The zero-order valence-corrected chi connectivity index (χ0v) is 11.6. The molecule has 108 valence electrons. The highest BCUT2D eigenvalue weighted by Gasteiger charge is 2.07. The van der Waals surface area contributed by atoms with Gasteiger partial charge in [-0.1, -0.05) is 17.0 Å². The van der Waals surface area contributed by atoms with Crippen molar-refractivity contribution in [3.8, 4) is 11.8 Å². The smallest absolute Gasteiger partial charge is 0.251 e. The highest BCUT2D eigenvalue weighted by Crippen LogP contribution is 2.10. The molecule has 21 heavy (non-hydrogen) atoms. The van der Waals surface area contributed by atoms with Crippen LogP contribution in [0.15, 0.2) is 29.0 Å². The fourth-order valence-corrected chi connectivity index (χ4v) is 1.77. The molecule has 0 aliphatic rings. The van der Waals surface area contributed by atoms with Gasteiger partial charge >= 0.3 is 0 Å². The largest absolute Gasteiger partial charge is 0.384 e. The van der Waals surface area contributed by atoms with E-state index in [0.717, 1.165) is 11.1 Å². The molecule has 6 nitrogen and oxygen atoms in total. The molecule has 0 spiro atoms. The lowest BCUT2D eigenvalue weighted by Gasteiger charge is -2.05. The number of nitrogens with one attached hydrogen (secondary N) is 1. The molecular weight excluding hydrogens is 270 g/mol. The van der Waals surface area contributed by atoms with Crippen LogP contribution in [0.1, 0.15) is 27.4 Å². The van der Waals surface area contributed by atoms with E-state index < -0.39 is 0 Å². The molecule has 0 saturated heterocycles. The molecule has 2 rings (SSSR count). The van der Waals surface area contributed by atoms with Crippen molar-refractivity contribution in [2.75, 3.05) is 13.2 Å². The predicted octanol–water partition coefficient (Wildman–Crippen LogP) is 0.694. The predicted molar refractivity (Wildman–Crippen MR) is 75.5 cm³/mol. The fraction of sp³-hybridized carbons (Fsp3) is 0.267. The van der Waals surface area contributed by atoms with Gasteiger partial charge in [-0.25, -0.2) is 0 Å². The second kappa shape index (κ2) is 7.22. The molecule has 6 heteroatoms. The van der Waals surface area contributed by atoms with Gasteiger partial charge in [-0.05, 0) is 30.7 Å². The monoisotopic (exact) mass is 285 g/mol. The van der Waals surface area contributed by atoms with Gasteiger partial charge < -0.3 is 14.9 Å². The van der Waals surface area contributed by atoms with Crippen LogP contribution in [0, 0.1) is 18.8 Å². The van der Waals surface area contributed by atoms with Crippen LogP contribution >= 0.6 is 0 Å². The minimum atomic E-state index is -0.183. The number of aliphatic hydroxyl groups is 1. The summed E-state index contributed by atoms with van der Waals surface area (Å²) in [6.07, 6.45) is 1.82. The van der Waals surface area contributed by atoms with Crippen LogP contribution in [0.4, 0.5) is 0 Å². The lowest BCUT2D eigenvalue weighted by atomic mass is 10.0. The zero-order valence-electron chi connectivity index (χ0n) is 11.6. The second-order valence-corrected chi connectivity index (χ2v) is 4.33. The second-order valence-electron chi connectivity index (χ2n) is 4.33. The molecule has 0 aliphatic heterocycles. The summed E-state index contributed by atoms with van der Waals surface area (Å²) >= 11 is 0. The maximum absolute atomic E-state index is 12.0. The maximum atomic E-state index is 12.0. The lowest BCUT2D eigenvalue weighted by Crippen LogP contribution is -2.25. The summed E-state index contributed by atoms with van der Waals surface area (Å²) in [6.45, 7) is 2.11. The number of rotatable bonds is 4. The number of aromatic nitrogens is 2. The summed E-state index contributed by atoms with van der Waals surface area (Å²) in [5.41, 5.74) is 2.25. The van der Waals surface area contributed by atoms with Crippen LogP contribution in [0.5, 0.6) is 0 Å². The van der Waals surface area contributed by atoms with Gasteiger partial charge in [0.15, 0.2) is 6.33 Å². The Bertz CT molecular complexity index is 669. The molecule has 1 heterocycles. The van der Waals surface area contributed by atoms with Gasteiger partial charge in [-0.3, -0.25) is 4.79 Å². The van der Waals surface area contributed by atoms with Crippen LogP contribution in [-0.2, 0) is 6.42 Å². The third-order valence-corrected chi connectivity index (χ3v) is 2.82. The number of aliphatic hydroxyl groups excluding tert-OH is 1. The van der Waals surface area contributed by atoms with Crippen molar-refractivity contribution in [2.24, 2.45) is 0 Å². The Hall–Kier alpha value is -2.65. The number of benzene rings is 1. The SMILES string of the molecule is Cc1cc(C(=O)NCCc2ncno2)ccc1C#CCO. The first kappa shape index (κ1) is 14.8. The number of amides is 1. The van der Waals surface area contributed by atoms with Crippen molar-refractivity contribution < 1.29 is 14.4 Å². The molecule has 0 atom stereocenters. The molecule has 0 saturated carbocycles. The van der Waals surface area contributed by atoms with Gasteiger partial charge in [-0.2, -0.15) is 4.98 Å². The number of carbonyl (C=O) groups excluding carboxylic acids is 1. The van der Waals surface area contributed by atoms with Gasteiger partial charge in [0.2, 0.25) is 5.89 Å². The van der Waals surface area contributed by atoms with Crippen LogP contribution in [0.3, 0.4) is 0 Å². The molecule has 1 amide bonds. The van der Waals surface area contributed by atoms with Gasteiger partial charge in [0.1, 0.15) is 6.61 Å². The number of aryl methyl sites for hydroxylation is 1. The Morgan fingerprint density at radius 2 is 2.33 bits per heavy atom. The minimum Gasteiger partial charge on any atom is -0.384 e. The van der Waals surface area contributed by atoms with Crippen molar-refractivity contribution in [2.45, 2.75) is 13.3 Å². The van der Waals surface area contributed by atoms with Crippen molar-refractivity contribution in [1.82, 2.24) is 15.5 Å². The normalized spacial score (nSPS) is 9.81. The van der Waals surface area contributed by atoms with Crippen molar-refractivity contribution in [3.63, 3.8) is 0 Å². The van der Waals surface area contributed by atoms with Crippen LogP contribution in [0.2, 0.25) is 0 Å². The Balaban J connectivity index is 1.94. The molecule has 1 aromatic carbocycles. The van der Waals surface area contributed by atoms with E-state index in [1.165, 1.54) is 6.33 Å². The van der Waals surface area contributed by atoms with Gasteiger partial charge in [-0.15, -0.1) is 0 Å². The number of carbonyl (C=O) groups is 1. The summed E-state index contributed by atoms with van der Waals surface area (Å²) in [7, 11) is 0. The molecule has 2 aromatic rings. The average Bonchev–Trinajstić information content (AvgIpc) is 2.99. The quantitative estimate of drug-likeness (QED) is 0.807. The van der Waals surface area contributed by atoms with E-state index in [-0.39, 0.29) is 12.5 Å². The highest BCUT2D eigenvalue weighted by molar-refractivity contribution is 5.94. The first-order chi connectivity index (χ1) is 10.2. The van der Waals surface area contributed by atoms with Crippen molar-refractivity contribution >= 4 is 5.91 Å². The Morgan fingerprint density at radius 3 is 3.00 bits per heavy atom. The third-order valence-electron chi connectivity index (χ3n) is 2.82. The van der Waals surface area contributed by atoms with Crippen LogP contribution in [-0.4, -0.2) is 34.3 Å². The standard InChI is InChI=1S/C15H15N3O3/c1-11-9-13(5-4-12(11)3-2-8-19)15(20)16-7-6-14-17-10-18-21-14/h4-5,9-10,19H,6-8H2,1H3,(H,16,20). The van der Waals surface area contributed by atoms with E-state index in [1.807, 2.05) is 6.92 Å². The van der Waals surface area contributed by atoms with E-state index in [1.54, 1.807) is 18.2 Å². The van der Waals surface area contributed by atoms with Gasteiger partial charge in [0, 0.05) is 24.1 Å². The molecular formula is C15H15N3O3. The number of nitrogens with zero attached hydrogens (tertiary/aromatic N) is 2. The van der Waals surface area contributed by atoms with Gasteiger partial charge in [0.05, 0.1) is 0 Å². The summed E-state index contributed by atoms with van der Waals surface area (Å²) in [6, 6.07) is 5.24. The van der Waals surface area contributed by atoms with E-state index in [4.69, 9.17) is 9.63 Å². The van der Waals surface area contributed by atoms with E-state index in [0.29, 0.717) is 24.4 Å². The zero-order chi connectivity index (χ0) is 15.1. The molecule has 1 aromatic heterocycles. The van der Waals surface area contributed by atoms with Crippen LogP contribution in [0.25, 0.3) is 0 Å². The molecule has 0 fully saturated rings. The molecule has 0 bridgehead atoms. The Kier molecular flexibility index (Phi) is 5.07. The first-order valence-electron chi connectivity index (χ1n) is 6.45. The third kappa shape index (κ3) is 4.16. The average molecular weight is 285 g/mol. The topological polar surface area (TPSA) is 88.3 Å². The minimum absolute atomic E-state index is 0.167. The van der Waals surface area contributed by atoms with E-state index in [2.05, 4.69) is 27.3 Å². The number of hydrogen-bond acceptors (Lipinski definition) is 5. The molecule has 0 aliphatic carbocycles. The fourth-order valence-electron chi connectivity index (χ4n) is 1.77. The van der Waals surface area contributed by atoms with Crippen molar-refractivity contribution in [1.29, 1.82) is 0 Å². The summed E-state index contributed by atoms with van der Waals surface area (Å²) in [4.78, 5) is 15.9. The number of hydrogen-bond donors (Lipinski definition) is 2. The maximum Gasteiger partial charge on any atom is 0.251 e. The lowest BCUT2D eigenvalue weighted by molar-refractivity contribution is 0.0953. The van der Waals surface area contributed by atoms with E-state index in [9.17, 15) is 4.79 Å².